The fraction of sp³-hybridized carbons (Fsp3) is 0.214. The topological polar surface area (TPSA) is 87.6 Å². The largest absolute Gasteiger partial charge is 0.383 e. The Hall–Kier alpha value is -2.32. The third kappa shape index (κ3) is 2.98. The lowest BCUT2D eigenvalue weighted by Crippen LogP contribution is -2.05. The van der Waals surface area contributed by atoms with Crippen LogP contribution >= 0.6 is 11.6 Å². The zero-order chi connectivity index (χ0) is 14.5. The van der Waals surface area contributed by atoms with Gasteiger partial charge in [0.05, 0.1) is 22.3 Å². The van der Waals surface area contributed by atoms with Crippen LogP contribution in [0.3, 0.4) is 0 Å². The Morgan fingerprint density at radius 1 is 1.40 bits per heavy atom. The van der Waals surface area contributed by atoms with Gasteiger partial charge >= 0.3 is 0 Å². The molecule has 5 nitrogen and oxygen atoms in total. The summed E-state index contributed by atoms with van der Waals surface area (Å²) in [5.41, 5.74) is 7.94. The maximum absolute atomic E-state index is 8.83. The van der Waals surface area contributed by atoms with Gasteiger partial charge in [-0.25, -0.2) is 9.97 Å². The lowest BCUT2D eigenvalue weighted by Gasteiger charge is -2.12. The number of nitrogens with two attached hydrogens (primary N) is 1. The number of nitrogens with one attached hydrogen (secondary N) is 1. The van der Waals surface area contributed by atoms with Gasteiger partial charge in [-0.3, -0.25) is 0 Å². The normalized spacial score (nSPS) is 10.1. The molecule has 102 valence electrons. The zero-order valence-electron chi connectivity index (χ0n) is 11.0. The van der Waals surface area contributed by atoms with E-state index in [1.54, 1.807) is 18.2 Å². The number of hydrogen-bond acceptors (Lipinski definition) is 5. The van der Waals surface area contributed by atoms with Gasteiger partial charge < -0.3 is 11.1 Å². The van der Waals surface area contributed by atoms with Gasteiger partial charge in [-0.1, -0.05) is 24.9 Å². The van der Waals surface area contributed by atoms with Crippen LogP contribution in [-0.4, -0.2) is 9.97 Å². The Kier molecular flexibility index (Phi) is 4.38. The molecule has 0 amide bonds. The van der Waals surface area contributed by atoms with Gasteiger partial charge in [0, 0.05) is 5.56 Å². The first-order chi connectivity index (χ1) is 9.65. The van der Waals surface area contributed by atoms with Crippen LogP contribution in [0.5, 0.6) is 0 Å². The average molecular weight is 288 g/mol. The van der Waals surface area contributed by atoms with Crippen molar-refractivity contribution < 1.29 is 0 Å². The van der Waals surface area contributed by atoms with Gasteiger partial charge in [-0.05, 0) is 24.6 Å². The number of rotatable bonds is 4. The van der Waals surface area contributed by atoms with E-state index in [-0.39, 0.29) is 0 Å². The molecule has 0 aliphatic rings. The molecule has 0 saturated heterocycles. The number of halogens is 1. The summed E-state index contributed by atoms with van der Waals surface area (Å²) in [4.78, 5) is 8.21. The van der Waals surface area contributed by atoms with Crippen LogP contribution < -0.4 is 11.1 Å². The monoisotopic (exact) mass is 287 g/mol. The fourth-order valence-electron chi connectivity index (χ4n) is 1.84. The molecular formula is C14H14ClN5. The van der Waals surface area contributed by atoms with Crippen LogP contribution in [0, 0.1) is 11.3 Å². The third-order valence-corrected chi connectivity index (χ3v) is 3.14. The van der Waals surface area contributed by atoms with Crippen LogP contribution in [0.2, 0.25) is 5.02 Å². The van der Waals surface area contributed by atoms with Crippen molar-refractivity contribution in [3.63, 3.8) is 0 Å². The molecule has 0 aliphatic heterocycles. The van der Waals surface area contributed by atoms with Gasteiger partial charge in [-0.15, -0.1) is 0 Å². The lowest BCUT2D eigenvalue weighted by atomic mass is 10.1. The van der Waals surface area contributed by atoms with E-state index in [9.17, 15) is 0 Å². The summed E-state index contributed by atoms with van der Waals surface area (Å²) in [5, 5.41) is 12.4. The molecule has 0 atom stereocenters. The third-order valence-electron chi connectivity index (χ3n) is 2.83. The standard InChI is InChI=1S/C14H14ClN5/c1-2-3-10-13(17)18-8-19-14(10)20-12-5-4-9(7-16)6-11(12)15/h4-6,8H,2-3H2,1H3,(H3,17,18,19,20). The van der Waals surface area contributed by atoms with Crippen LogP contribution in [0.15, 0.2) is 24.5 Å². The van der Waals surface area contributed by atoms with Gasteiger partial charge in [0.25, 0.3) is 0 Å². The minimum absolute atomic E-state index is 0.462. The first-order valence-electron chi connectivity index (χ1n) is 6.21. The molecule has 0 saturated carbocycles. The summed E-state index contributed by atoms with van der Waals surface area (Å²) in [6, 6.07) is 7.08. The summed E-state index contributed by atoms with van der Waals surface area (Å²) in [5.74, 6) is 1.11. The number of nitriles is 1. The minimum Gasteiger partial charge on any atom is -0.383 e. The number of benzene rings is 1. The predicted molar refractivity (Wildman–Crippen MR) is 79.9 cm³/mol. The Morgan fingerprint density at radius 2 is 2.20 bits per heavy atom. The van der Waals surface area contributed by atoms with Crippen LogP contribution in [0.1, 0.15) is 24.5 Å². The first-order valence-corrected chi connectivity index (χ1v) is 6.59. The Morgan fingerprint density at radius 3 is 2.85 bits per heavy atom. The molecule has 2 rings (SSSR count). The highest BCUT2D eigenvalue weighted by Gasteiger charge is 2.10. The quantitative estimate of drug-likeness (QED) is 0.901. The molecule has 2 aromatic rings. The van der Waals surface area contributed by atoms with Crippen LogP contribution in [0.25, 0.3) is 0 Å². The number of aromatic nitrogens is 2. The van der Waals surface area contributed by atoms with Crippen molar-refractivity contribution >= 4 is 28.9 Å². The van der Waals surface area contributed by atoms with Crippen molar-refractivity contribution in [2.24, 2.45) is 0 Å². The minimum atomic E-state index is 0.462. The molecule has 0 spiro atoms. The molecule has 0 fully saturated rings. The first kappa shape index (κ1) is 14.1. The molecule has 0 aliphatic carbocycles. The highest BCUT2D eigenvalue weighted by molar-refractivity contribution is 6.33. The number of hydrogen-bond donors (Lipinski definition) is 2. The van der Waals surface area contributed by atoms with E-state index in [1.165, 1.54) is 6.33 Å². The fourth-order valence-corrected chi connectivity index (χ4v) is 2.07. The second kappa shape index (κ2) is 6.22. The number of nitrogen functional groups attached to an aromatic ring is 1. The smallest absolute Gasteiger partial charge is 0.139 e. The maximum atomic E-state index is 8.83. The van der Waals surface area contributed by atoms with Crippen molar-refractivity contribution in [3.8, 4) is 6.07 Å². The molecule has 1 aromatic heterocycles. The van der Waals surface area contributed by atoms with E-state index in [0.29, 0.717) is 27.9 Å². The molecule has 1 aromatic carbocycles. The zero-order valence-corrected chi connectivity index (χ0v) is 11.8. The molecular weight excluding hydrogens is 274 g/mol. The van der Waals surface area contributed by atoms with E-state index in [0.717, 1.165) is 18.4 Å². The highest BCUT2D eigenvalue weighted by Crippen LogP contribution is 2.28. The lowest BCUT2D eigenvalue weighted by molar-refractivity contribution is 0.908. The summed E-state index contributed by atoms with van der Waals surface area (Å²) in [6.07, 6.45) is 3.13. The summed E-state index contributed by atoms with van der Waals surface area (Å²) < 4.78 is 0. The van der Waals surface area contributed by atoms with Crippen molar-refractivity contribution in [2.75, 3.05) is 11.1 Å². The van der Waals surface area contributed by atoms with Crippen LogP contribution in [0.4, 0.5) is 17.3 Å². The summed E-state index contributed by atoms with van der Waals surface area (Å²) in [7, 11) is 0. The Bertz CT molecular complexity index is 663. The van der Waals surface area contributed by atoms with Gasteiger partial charge in [0.2, 0.25) is 0 Å². The average Bonchev–Trinajstić information content (AvgIpc) is 2.44. The number of nitrogens with zero attached hydrogens (tertiary/aromatic N) is 3. The van der Waals surface area contributed by atoms with E-state index in [2.05, 4.69) is 22.2 Å². The highest BCUT2D eigenvalue weighted by atomic mass is 35.5. The van der Waals surface area contributed by atoms with E-state index < -0.39 is 0 Å². The maximum Gasteiger partial charge on any atom is 0.139 e. The predicted octanol–water partition coefficient (Wildman–Crippen LogP) is 3.28. The van der Waals surface area contributed by atoms with Gasteiger partial charge in [0.15, 0.2) is 0 Å². The van der Waals surface area contributed by atoms with Gasteiger partial charge in [-0.2, -0.15) is 5.26 Å². The Balaban J connectivity index is 2.35. The van der Waals surface area contributed by atoms with Crippen molar-refractivity contribution in [3.05, 3.63) is 40.7 Å². The molecule has 1 heterocycles. The molecule has 0 bridgehead atoms. The summed E-state index contributed by atoms with van der Waals surface area (Å²) >= 11 is 6.14. The van der Waals surface area contributed by atoms with E-state index in [1.807, 2.05) is 6.07 Å². The Labute approximate surface area is 122 Å². The van der Waals surface area contributed by atoms with Crippen LogP contribution in [-0.2, 0) is 6.42 Å². The molecule has 0 unspecified atom stereocenters. The van der Waals surface area contributed by atoms with Gasteiger partial charge in [0.1, 0.15) is 18.0 Å². The molecule has 0 radical (unpaired) electrons. The molecule has 20 heavy (non-hydrogen) atoms. The summed E-state index contributed by atoms with van der Waals surface area (Å²) in [6.45, 7) is 2.06. The van der Waals surface area contributed by atoms with Crippen molar-refractivity contribution in [1.29, 1.82) is 5.26 Å². The van der Waals surface area contributed by atoms with E-state index >= 15 is 0 Å². The van der Waals surface area contributed by atoms with E-state index in [4.69, 9.17) is 22.6 Å². The second-order valence-electron chi connectivity index (χ2n) is 4.27. The number of anilines is 3. The van der Waals surface area contributed by atoms with Crippen molar-refractivity contribution in [1.82, 2.24) is 9.97 Å². The SMILES string of the molecule is CCCc1c(N)ncnc1Nc1ccc(C#N)cc1Cl. The second-order valence-corrected chi connectivity index (χ2v) is 4.67. The molecule has 6 heteroatoms. The molecule has 3 N–H and O–H groups in total. The van der Waals surface area contributed by atoms with Crippen molar-refractivity contribution in [2.45, 2.75) is 19.8 Å².